The number of likely N-dealkylation sites (tertiary alicyclic amines) is 2. The smallest absolute Gasteiger partial charge is 0.404 e. The van der Waals surface area contributed by atoms with Gasteiger partial charge in [-0.1, -0.05) is 24.3 Å². The van der Waals surface area contributed by atoms with Crippen molar-refractivity contribution in [3.8, 4) is 5.75 Å². The molecule has 2 fully saturated rings. The van der Waals surface area contributed by atoms with Gasteiger partial charge >= 0.3 is 6.18 Å². The van der Waals surface area contributed by atoms with Crippen molar-refractivity contribution in [3.05, 3.63) is 65.0 Å². The Hall–Kier alpha value is -2.98. The summed E-state index contributed by atoms with van der Waals surface area (Å²) in [5.74, 6) is -5.79. The van der Waals surface area contributed by atoms with Crippen molar-refractivity contribution in [1.29, 1.82) is 0 Å². The molecule has 224 valence electrons. The topological polar surface area (TPSA) is 64.1 Å². The van der Waals surface area contributed by atoms with Gasteiger partial charge in [-0.3, -0.25) is 14.5 Å². The van der Waals surface area contributed by atoms with E-state index in [9.17, 15) is 19.1 Å². The largest absolute Gasteiger partial charge is 0.508 e. The van der Waals surface area contributed by atoms with E-state index in [0.717, 1.165) is 0 Å². The van der Waals surface area contributed by atoms with E-state index in [4.69, 9.17) is 0 Å². The molecule has 4 rings (SSSR count). The number of hydrogen-bond donors (Lipinski definition) is 1. The molecule has 0 bridgehead atoms. The number of unbranched alkanes of at least 4 members (excludes halogenated alkanes) is 1. The third-order valence-corrected chi connectivity index (χ3v) is 8.46. The van der Waals surface area contributed by atoms with Crippen molar-refractivity contribution in [1.82, 2.24) is 14.7 Å². The van der Waals surface area contributed by atoms with Crippen molar-refractivity contribution >= 4 is 11.7 Å². The molecule has 0 spiro atoms. The van der Waals surface area contributed by atoms with Crippen LogP contribution < -0.4 is 0 Å². The molecule has 2 aliphatic heterocycles. The first kappa shape index (κ1) is 31.0. The zero-order chi connectivity index (χ0) is 29.9. The van der Waals surface area contributed by atoms with Crippen LogP contribution in [0.3, 0.4) is 0 Å². The standard InChI is InChI=1S/C31H39F4N3O3/c1-20-23(12-9-13-25(20)32)26-24(28(40)21-10-8-11-22(39)18-21)19-38(17-5-4-14-36(2)3)29(31(33,34)35)27(26)30(41)37-15-6-7-16-37/h8-13,18,24,26-27,29,39H,4-7,14-17,19H2,1-3H3/t24-,26+,27-,29-/m1/s1. The molecule has 41 heavy (non-hydrogen) atoms. The number of Topliss-reactive ketones (excluding diaryl/α,β-unsaturated/α-hetero) is 1. The molecule has 2 heterocycles. The maximum Gasteiger partial charge on any atom is 0.404 e. The minimum Gasteiger partial charge on any atom is -0.508 e. The van der Waals surface area contributed by atoms with Crippen LogP contribution in [0.1, 0.15) is 53.1 Å². The molecular formula is C31H39F4N3O3. The summed E-state index contributed by atoms with van der Waals surface area (Å²) in [5, 5.41) is 10.1. The van der Waals surface area contributed by atoms with Crippen molar-refractivity contribution in [3.63, 3.8) is 0 Å². The Balaban J connectivity index is 1.88. The number of amides is 1. The van der Waals surface area contributed by atoms with E-state index in [0.29, 0.717) is 45.3 Å². The van der Waals surface area contributed by atoms with Gasteiger partial charge in [-0.15, -0.1) is 0 Å². The van der Waals surface area contributed by atoms with Gasteiger partial charge in [0.05, 0.1) is 5.92 Å². The summed E-state index contributed by atoms with van der Waals surface area (Å²) in [4.78, 5) is 32.9. The van der Waals surface area contributed by atoms with E-state index in [1.165, 1.54) is 59.2 Å². The lowest BCUT2D eigenvalue weighted by Crippen LogP contribution is -2.63. The quantitative estimate of drug-likeness (QED) is 0.251. The van der Waals surface area contributed by atoms with Gasteiger partial charge in [0, 0.05) is 37.0 Å². The second kappa shape index (κ2) is 12.9. The van der Waals surface area contributed by atoms with Gasteiger partial charge in [0.25, 0.3) is 0 Å². The molecule has 1 N–H and O–H groups in total. The van der Waals surface area contributed by atoms with Gasteiger partial charge in [-0.25, -0.2) is 4.39 Å². The van der Waals surface area contributed by atoms with Crippen LogP contribution in [0.2, 0.25) is 0 Å². The van der Waals surface area contributed by atoms with Gasteiger partial charge < -0.3 is 14.9 Å². The Labute approximate surface area is 238 Å². The van der Waals surface area contributed by atoms with Crippen molar-refractivity contribution in [2.24, 2.45) is 11.8 Å². The van der Waals surface area contributed by atoms with Crippen LogP contribution in [0.4, 0.5) is 17.6 Å². The molecule has 0 radical (unpaired) electrons. The summed E-state index contributed by atoms with van der Waals surface area (Å²) in [6.07, 6.45) is -2.28. The normalized spacial score (nSPS) is 23.8. The minimum absolute atomic E-state index is 0.0560. The lowest BCUT2D eigenvalue weighted by molar-refractivity contribution is -0.214. The number of piperidine rings is 1. The van der Waals surface area contributed by atoms with Crippen molar-refractivity contribution in [2.45, 2.75) is 50.7 Å². The van der Waals surface area contributed by atoms with E-state index in [1.54, 1.807) is 0 Å². The highest BCUT2D eigenvalue weighted by Crippen LogP contribution is 2.49. The number of alkyl halides is 3. The van der Waals surface area contributed by atoms with E-state index in [1.807, 2.05) is 19.0 Å². The third-order valence-electron chi connectivity index (χ3n) is 8.46. The molecule has 10 heteroatoms. The molecule has 0 aromatic heterocycles. The summed E-state index contributed by atoms with van der Waals surface area (Å²) in [6.45, 7) is 2.68. The molecule has 2 aromatic rings. The number of benzene rings is 2. The van der Waals surface area contributed by atoms with Crippen LogP contribution in [-0.4, -0.2) is 90.5 Å². The van der Waals surface area contributed by atoms with Crippen molar-refractivity contribution in [2.75, 3.05) is 46.8 Å². The predicted octanol–water partition coefficient (Wildman–Crippen LogP) is 5.25. The second-order valence-corrected chi connectivity index (χ2v) is 11.6. The summed E-state index contributed by atoms with van der Waals surface area (Å²) in [5.41, 5.74) is 0.507. The Morgan fingerprint density at radius 2 is 1.73 bits per heavy atom. The number of carbonyl (C=O) groups is 2. The molecule has 4 atom stereocenters. The minimum atomic E-state index is -4.76. The third kappa shape index (κ3) is 6.92. The van der Waals surface area contributed by atoms with Gasteiger partial charge in [-0.2, -0.15) is 13.2 Å². The number of rotatable bonds is 9. The highest BCUT2D eigenvalue weighted by molar-refractivity contribution is 5.99. The fraction of sp³-hybridized carbons (Fsp3) is 0.548. The summed E-state index contributed by atoms with van der Waals surface area (Å²) >= 11 is 0. The van der Waals surface area contributed by atoms with E-state index >= 15 is 13.2 Å². The first-order chi connectivity index (χ1) is 19.4. The van der Waals surface area contributed by atoms with Crippen LogP contribution >= 0.6 is 0 Å². The zero-order valence-electron chi connectivity index (χ0n) is 23.8. The van der Waals surface area contributed by atoms with Crippen LogP contribution in [-0.2, 0) is 4.79 Å². The Morgan fingerprint density at radius 1 is 1.05 bits per heavy atom. The van der Waals surface area contributed by atoms with E-state index in [-0.39, 0.29) is 35.5 Å². The molecule has 0 saturated carbocycles. The Bertz CT molecular complexity index is 1230. The number of aromatic hydroxyl groups is 1. The van der Waals surface area contributed by atoms with Crippen LogP contribution in [0.25, 0.3) is 0 Å². The van der Waals surface area contributed by atoms with Crippen LogP contribution in [0.15, 0.2) is 42.5 Å². The van der Waals surface area contributed by atoms with E-state index in [2.05, 4.69) is 0 Å². The zero-order valence-corrected chi connectivity index (χ0v) is 23.8. The van der Waals surface area contributed by atoms with Gasteiger partial charge in [0.2, 0.25) is 5.91 Å². The average Bonchev–Trinajstić information content (AvgIpc) is 3.46. The number of nitrogens with zero attached hydrogens (tertiary/aromatic N) is 3. The number of halogens is 4. The average molecular weight is 578 g/mol. The fourth-order valence-electron chi connectivity index (χ4n) is 6.49. The first-order valence-corrected chi connectivity index (χ1v) is 14.2. The van der Waals surface area contributed by atoms with Crippen LogP contribution in [0.5, 0.6) is 5.75 Å². The monoisotopic (exact) mass is 577 g/mol. The maximum absolute atomic E-state index is 15.1. The Morgan fingerprint density at radius 3 is 2.37 bits per heavy atom. The SMILES string of the molecule is Cc1c(F)cccc1[C@@H]1[C@@H](C(=O)N2CCCC2)[C@H](C(F)(F)F)N(CCCCN(C)C)C[C@H]1C(=O)c1cccc(O)c1. The van der Waals surface area contributed by atoms with Gasteiger partial charge in [-0.05, 0) is 89.1 Å². The molecular weight excluding hydrogens is 538 g/mol. The lowest BCUT2D eigenvalue weighted by atomic mass is 9.66. The summed E-state index contributed by atoms with van der Waals surface area (Å²) < 4.78 is 60.2. The summed E-state index contributed by atoms with van der Waals surface area (Å²) in [7, 11) is 3.78. The van der Waals surface area contributed by atoms with E-state index < -0.39 is 47.5 Å². The molecule has 2 saturated heterocycles. The molecule has 1 amide bonds. The number of ketones is 1. The predicted molar refractivity (Wildman–Crippen MR) is 148 cm³/mol. The second-order valence-electron chi connectivity index (χ2n) is 11.6. The lowest BCUT2D eigenvalue weighted by Gasteiger charge is -2.50. The molecule has 2 aromatic carbocycles. The van der Waals surface area contributed by atoms with Crippen LogP contribution in [0, 0.1) is 24.6 Å². The highest BCUT2D eigenvalue weighted by atomic mass is 19.4. The molecule has 0 aliphatic carbocycles. The molecule has 2 aliphatic rings. The van der Waals surface area contributed by atoms with Gasteiger partial charge in [0.15, 0.2) is 5.78 Å². The number of phenols is 1. The number of carbonyl (C=O) groups excluding carboxylic acids is 2. The number of phenolic OH excluding ortho intramolecular Hbond substituents is 1. The summed E-state index contributed by atoms with van der Waals surface area (Å²) in [6, 6.07) is 7.75. The highest BCUT2D eigenvalue weighted by Gasteiger charge is 2.60. The Kier molecular flexibility index (Phi) is 9.74. The fourth-order valence-corrected chi connectivity index (χ4v) is 6.49. The molecule has 6 nitrogen and oxygen atoms in total. The molecule has 0 unspecified atom stereocenters. The maximum atomic E-state index is 15.1. The first-order valence-electron chi connectivity index (χ1n) is 14.2. The van der Waals surface area contributed by atoms with Gasteiger partial charge in [0.1, 0.15) is 17.6 Å². The number of hydrogen-bond acceptors (Lipinski definition) is 5. The van der Waals surface area contributed by atoms with Crippen molar-refractivity contribution < 1.29 is 32.3 Å².